The summed E-state index contributed by atoms with van der Waals surface area (Å²) >= 11 is 0. The molecule has 0 aromatic heterocycles. The first kappa shape index (κ1) is 19.3. The van der Waals surface area contributed by atoms with Crippen molar-refractivity contribution < 1.29 is 13.6 Å². The number of anilines is 1. The maximum atomic E-state index is 13.9. The Hall–Kier alpha value is -2.47. The summed E-state index contributed by atoms with van der Waals surface area (Å²) in [6.07, 6.45) is 1.14. The van der Waals surface area contributed by atoms with E-state index < -0.39 is 0 Å². The summed E-state index contributed by atoms with van der Waals surface area (Å²) < 4.78 is 26.7. The zero-order valence-corrected chi connectivity index (χ0v) is 15.3. The van der Waals surface area contributed by atoms with Gasteiger partial charge in [0.2, 0.25) is 5.91 Å². The number of halogens is 2. The molecule has 6 heteroatoms. The number of nitrogens with one attached hydrogen (secondary N) is 1. The van der Waals surface area contributed by atoms with E-state index in [2.05, 4.69) is 15.1 Å². The van der Waals surface area contributed by atoms with Gasteiger partial charge in [0.05, 0.1) is 5.69 Å². The van der Waals surface area contributed by atoms with Gasteiger partial charge in [0.15, 0.2) is 0 Å². The molecule has 1 fully saturated rings. The lowest BCUT2D eigenvalue weighted by molar-refractivity contribution is -0.121. The van der Waals surface area contributed by atoms with Gasteiger partial charge < -0.3 is 10.2 Å². The van der Waals surface area contributed by atoms with Gasteiger partial charge in [-0.25, -0.2) is 8.78 Å². The third-order valence-electron chi connectivity index (χ3n) is 4.87. The predicted octanol–water partition coefficient (Wildman–Crippen LogP) is 2.84. The number of carbonyl (C=O) groups excluding carboxylic acids is 1. The van der Waals surface area contributed by atoms with Crippen molar-refractivity contribution in [1.82, 2.24) is 10.2 Å². The minimum atomic E-state index is -0.252. The van der Waals surface area contributed by atoms with Crippen LogP contribution in [0, 0.1) is 11.6 Å². The molecule has 0 aliphatic carbocycles. The van der Waals surface area contributed by atoms with E-state index in [9.17, 15) is 13.6 Å². The van der Waals surface area contributed by atoms with Crippen LogP contribution in [0.5, 0.6) is 0 Å². The first-order valence-electron chi connectivity index (χ1n) is 9.35. The third-order valence-corrected chi connectivity index (χ3v) is 4.87. The van der Waals surface area contributed by atoms with E-state index in [1.807, 2.05) is 6.07 Å². The lowest BCUT2D eigenvalue weighted by atomic mass is 10.1. The van der Waals surface area contributed by atoms with Crippen LogP contribution in [0.2, 0.25) is 0 Å². The number of carbonyl (C=O) groups is 1. The summed E-state index contributed by atoms with van der Waals surface area (Å²) in [4.78, 5) is 16.3. The highest BCUT2D eigenvalue weighted by atomic mass is 19.1. The molecule has 0 atom stereocenters. The van der Waals surface area contributed by atoms with Crippen molar-refractivity contribution in [2.75, 3.05) is 44.2 Å². The van der Waals surface area contributed by atoms with Crippen LogP contribution in [0.15, 0.2) is 48.5 Å². The average molecular weight is 373 g/mol. The molecule has 4 nitrogen and oxygen atoms in total. The van der Waals surface area contributed by atoms with E-state index in [1.54, 1.807) is 24.3 Å². The van der Waals surface area contributed by atoms with Crippen LogP contribution in [0.25, 0.3) is 0 Å². The molecule has 2 aromatic carbocycles. The lowest BCUT2D eigenvalue weighted by Gasteiger charge is -2.36. The van der Waals surface area contributed by atoms with Gasteiger partial charge in [-0.2, -0.15) is 0 Å². The van der Waals surface area contributed by atoms with Crippen molar-refractivity contribution in [2.24, 2.45) is 0 Å². The molecule has 27 heavy (non-hydrogen) atoms. The normalized spacial score (nSPS) is 15.0. The predicted molar refractivity (Wildman–Crippen MR) is 103 cm³/mol. The van der Waals surface area contributed by atoms with Gasteiger partial charge in [-0.1, -0.05) is 24.3 Å². The number of hydrogen-bond donors (Lipinski definition) is 1. The minimum absolute atomic E-state index is 0.0219. The zero-order valence-electron chi connectivity index (χ0n) is 15.3. The van der Waals surface area contributed by atoms with Crippen molar-refractivity contribution in [2.45, 2.75) is 12.8 Å². The molecule has 0 spiro atoms. The lowest BCUT2D eigenvalue weighted by Crippen LogP contribution is -2.47. The van der Waals surface area contributed by atoms with Crippen LogP contribution in [0.4, 0.5) is 14.5 Å². The minimum Gasteiger partial charge on any atom is -0.367 e. The molecule has 1 saturated heterocycles. The van der Waals surface area contributed by atoms with E-state index in [4.69, 9.17) is 0 Å². The molecule has 2 aromatic rings. The second kappa shape index (κ2) is 9.46. The van der Waals surface area contributed by atoms with Crippen molar-refractivity contribution in [3.63, 3.8) is 0 Å². The molecule has 0 bridgehead atoms. The Bertz CT molecular complexity index is 743. The monoisotopic (exact) mass is 373 g/mol. The quantitative estimate of drug-likeness (QED) is 0.811. The van der Waals surface area contributed by atoms with Gasteiger partial charge in [0.1, 0.15) is 11.6 Å². The number of nitrogens with zero attached hydrogens (tertiary/aromatic N) is 2. The molecule has 1 amide bonds. The van der Waals surface area contributed by atoms with Gasteiger partial charge in [-0.3, -0.25) is 9.69 Å². The average Bonchev–Trinajstić information content (AvgIpc) is 2.69. The first-order valence-corrected chi connectivity index (χ1v) is 9.35. The fraction of sp³-hybridized carbons (Fsp3) is 0.381. The molecule has 144 valence electrons. The van der Waals surface area contributed by atoms with Crippen molar-refractivity contribution >= 4 is 11.6 Å². The topological polar surface area (TPSA) is 35.6 Å². The molecule has 0 radical (unpaired) electrons. The number of piperazine rings is 1. The Morgan fingerprint density at radius 2 is 1.67 bits per heavy atom. The molecular weight excluding hydrogens is 348 g/mol. The Kier molecular flexibility index (Phi) is 6.76. The number of para-hydroxylation sites is 1. The van der Waals surface area contributed by atoms with Gasteiger partial charge in [-0.05, 0) is 36.2 Å². The largest absolute Gasteiger partial charge is 0.367 e. The van der Waals surface area contributed by atoms with Crippen LogP contribution in [0.1, 0.15) is 12.0 Å². The number of rotatable bonds is 7. The van der Waals surface area contributed by atoms with Crippen LogP contribution in [-0.4, -0.2) is 50.1 Å². The van der Waals surface area contributed by atoms with Gasteiger partial charge in [-0.15, -0.1) is 0 Å². The third kappa shape index (κ3) is 5.76. The fourth-order valence-electron chi connectivity index (χ4n) is 3.27. The van der Waals surface area contributed by atoms with Crippen LogP contribution >= 0.6 is 0 Å². The van der Waals surface area contributed by atoms with Crippen LogP contribution in [0.3, 0.4) is 0 Å². The molecule has 0 saturated carbocycles. The number of amides is 1. The number of hydrogen-bond acceptors (Lipinski definition) is 3. The molecule has 1 aliphatic rings. The maximum Gasteiger partial charge on any atom is 0.221 e. The SMILES string of the molecule is O=C(CCN1CCN(c2ccccc2F)CC1)NCCc1ccc(F)cc1. The summed E-state index contributed by atoms with van der Waals surface area (Å²) in [5.74, 6) is -0.419. The standard InChI is InChI=1S/C21H25F2N3O/c22-18-7-5-17(6-8-18)9-11-24-21(27)10-12-25-13-15-26(16-14-25)20-4-2-1-3-19(20)23/h1-8H,9-16H2,(H,24,27). The highest BCUT2D eigenvalue weighted by molar-refractivity contribution is 5.76. The summed E-state index contributed by atoms with van der Waals surface area (Å²) in [7, 11) is 0. The molecule has 1 heterocycles. The summed E-state index contributed by atoms with van der Waals surface area (Å²) in [6, 6.07) is 13.2. The Balaban J connectivity index is 1.33. The molecule has 1 aliphatic heterocycles. The van der Waals surface area contributed by atoms with Crippen LogP contribution in [-0.2, 0) is 11.2 Å². The fourth-order valence-corrected chi connectivity index (χ4v) is 3.27. The Morgan fingerprint density at radius 1 is 0.963 bits per heavy atom. The molecule has 3 rings (SSSR count). The van der Waals surface area contributed by atoms with E-state index in [0.29, 0.717) is 31.6 Å². The van der Waals surface area contributed by atoms with Crippen LogP contribution < -0.4 is 10.2 Å². The van der Waals surface area contributed by atoms with E-state index in [1.165, 1.54) is 18.2 Å². The second-order valence-corrected chi connectivity index (χ2v) is 6.76. The van der Waals surface area contributed by atoms with E-state index in [0.717, 1.165) is 31.7 Å². The Morgan fingerprint density at radius 3 is 2.37 bits per heavy atom. The highest BCUT2D eigenvalue weighted by Gasteiger charge is 2.19. The number of benzene rings is 2. The Labute approximate surface area is 158 Å². The van der Waals surface area contributed by atoms with E-state index in [-0.39, 0.29) is 17.5 Å². The summed E-state index contributed by atoms with van der Waals surface area (Å²) in [6.45, 7) is 4.40. The van der Waals surface area contributed by atoms with E-state index >= 15 is 0 Å². The second-order valence-electron chi connectivity index (χ2n) is 6.76. The smallest absolute Gasteiger partial charge is 0.221 e. The maximum absolute atomic E-state index is 13.9. The van der Waals surface area contributed by atoms with Crippen molar-refractivity contribution in [3.05, 3.63) is 65.7 Å². The molecular formula is C21H25F2N3O. The zero-order chi connectivity index (χ0) is 19.1. The van der Waals surface area contributed by atoms with Gasteiger partial charge in [0.25, 0.3) is 0 Å². The first-order chi connectivity index (χ1) is 13.1. The van der Waals surface area contributed by atoms with Gasteiger partial charge >= 0.3 is 0 Å². The van der Waals surface area contributed by atoms with Crippen molar-refractivity contribution in [1.29, 1.82) is 0 Å². The van der Waals surface area contributed by atoms with Gasteiger partial charge in [0, 0.05) is 45.7 Å². The summed E-state index contributed by atoms with van der Waals surface area (Å²) in [5, 5.41) is 2.91. The highest BCUT2D eigenvalue weighted by Crippen LogP contribution is 2.20. The molecule has 0 unspecified atom stereocenters. The molecule has 1 N–H and O–H groups in total. The van der Waals surface area contributed by atoms with Crippen molar-refractivity contribution in [3.8, 4) is 0 Å². The summed E-state index contributed by atoms with van der Waals surface area (Å²) in [5.41, 5.74) is 1.65.